The molecule has 2 rings (SSSR count). The molecular weight excluding hydrogens is 226 g/mol. The number of hydrogen-bond donors (Lipinski definition) is 1. The molecule has 2 heterocycles. The minimum absolute atomic E-state index is 0.0215. The van der Waals surface area contributed by atoms with Crippen molar-refractivity contribution in [1.29, 1.82) is 0 Å². The number of nitrogens with zero attached hydrogens (tertiary/aromatic N) is 1. The maximum Gasteiger partial charge on any atom is 0.373 e. The second kappa shape index (κ2) is 4.13. The summed E-state index contributed by atoms with van der Waals surface area (Å²) in [5.41, 5.74) is 0.362. The average Bonchev–Trinajstić information content (AvgIpc) is 2.62. The molecule has 0 aliphatic carbocycles. The zero-order chi connectivity index (χ0) is 11.8. The summed E-state index contributed by atoms with van der Waals surface area (Å²) in [5, 5.41) is 8.92. The van der Waals surface area contributed by atoms with Crippen LogP contribution in [-0.4, -0.2) is 27.6 Å². The Balaban J connectivity index is 2.33. The first-order valence-electron chi connectivity index (χ1n) is 5.32. The maximum atomic E-state index is 10.9. The van der Waals surface area contributed by atoms with Gasteiger partial charge in [0.1, 0.15) is 0 Å². The third-order valence-corrected chi connectivity index (χ3v) is 4.36. The van der Waals surface area contributed by atoms with E-state index in [9.17, 15) is 4.79 Å². The molecule has 0 aromatic carbocycles. The minimum Gasteiger partial charge on any atom is -0.475 e. The van der Waals surface area contributed by atoms with Crippen LogP contribution in [0, 0.1) is 6.92 Å². The van der Waals surface area contributed by atoms with E-state index in [1.807, 2.05) is 11.8 Å². The highest BCUT2D eigenvalue weighted by Gasteiger charge is 2.35. The Kier molecular flexibility index (Phi) is 2.97. The van der Waals surface area contributed by atoms with Crippen LogP contribution in [0.25, 0.3) is 0 Å². The van der Waals surface area contributed by atoms with Gasteiger partial charge >= 0.3 is 5.97 Å². The van der Waals surface area contributed by atoms with E-state index in [1.54, 1.807) is 6.92 Å². The number of oxazole rings is 1. The number of rotatable bonds is 2. The van der Waals surface area contributed by atoms with E-state index in [2.05, 4.69) is 11.9 Å². The van der Waals surface area contributed by atoms with Gasteiger partial charge in [-0.3, -0.25) is 0 Å². The number of hydrogen-bond acceptors (Lipinski definition) is 4. The van der Waals surface area contributed by atoms with Crippen molar-refractivity contribution in [3.63, 3.8) is 0 Å². The molecule has 4 nitrogen and oxygen atoms in total. The Labute approximate surface area is 98.4 Å². The SMILES string of the molecule is Cc1nc(C2(C)CCCSC2)oc1C(=O)O. The lowest BCUT2D eigenvalue weighted by Gasteiger charge is -2.29. The van der Waals surface area contributed by atoms with Crippen LogP contribution in [0.2, 0.25) is 0 Å². The Morgan fingerprint density at radius 2 is 2.38 bits per heavy atom. The summed E-state index contributed by atoms with van der Waals surface area (Å²) in [5.74, 6) is 1.64. The Morgan fingerprint density at radius 3 is 2.88 bits per heavy atom. The standard InChI is InChI=1S/C11H15NO3S/c1-7-8(9(13)14)15-10(12-7)11(2)4-3-5-16-6-11/h3-6H2,1-2H3,(H,13,14). The molecule has 88 valence electrons. The van der Waals surface area contributed by atoms with Crippen molar-refractivity contribution in [2.45, 2.75) is 32.1 Å². The third-order valence-electron chi connectivity index (χ3n) is 2.95. The molecule has 1 atom stereocenters. The molecule has 1 aliphatic heterocycles. The van der Waals surface area contributed by atoms with Crippen LogP contribution in [0.3, 0.4) is 0 Å². The zero-order valence-electron chi connectivity index (χ0n) is 9.45. The van der Waals surface area contributed by atoms with Gasteiger partial charge in [-0.2, -0.15) is 11.8 Å². The molecule has 0 bridgehead atoms. The first-order chi connectivity index (χ1) is 7.53. The molecule has 0 spiro atoms. The highest BCUT2D eigenvalue weighted by molar-refractivity contribution is 7.99. The second-order valence-corrected chi connectivity index (χ2v) is 5.56. The van der Waals surface area contributed by atoms with Crippen LogP contribution in [0.4, 0.5) is 0 Å². The summed E-state index contributed by atoms with van der Waals surface area (Å²) in [6, 6.07) is 0. The fraction of sp³-hybridized carbons (Fsp3) is 0.636. The highest BCUT2D eigenvalue weighted by Crippen LogP contribution is 2.37. The molecule has 1 aromatic heterocycles. The lowest BCUT2D eigenvalue weighted by atomic mass is 9.87. The van der Waals surface area contributed by atoms with E-state index < -0.39 is 5.97 Å². The predicted octanol–water partition coefficient (Wildman–Crippen LogP) is 2.47. The normalized spacial score (nSPS) is 25.6. The van der Waals surface area contributed by atoms with E-state index in [4.69, 9.17) is 9.52 Å². The number of aromatic carboxylic acids is 1. The van der Waals surface area contributed by atoms with Crippen molar-refractivity contribution in [3.05, 3.63) is 17.3 Å². The van der Waals surface area contributed by atoms with Crippen LogP contribution in [-0.2, 0) is 5.41 Å². The van der Waals surface area contributed by atoms with E-state index in [1.165, 1.54) is 5.75 Å². The van der Waals surface area contributed by atoms with Gasteiger partial charge in [-0.1, -0.05) is 6.92 Å². The first kappa shape index (κ1) is 11.5. The quantitative estimate of drug-likeness (QED) is 0.861. The lowest BCUT2D eigenvalue weighted by Crippen LogP contribution is -2.29. The zero-order valence-corrected chi connectivity index (χ0v) is 10.3. The van der Waals surface area contributed by atoms with Gasteiger partial charge in [0.2, 0.25) is 11.7 Å². The predicted molar refractivity (Wildman–Crippen MR) is 62.1 cm³/mol. The molecule has 0 radical (unpaired) electrons. The van der Waals surface area contributed by atoms with Gasteiger partial charge in [-0.25, -0.2) is 9.78 Å². The lowest BCUT2D eigenvalue weighted by molar-refractivity contribution is 0.0657. The smallest absolute Gasteiger partial charge is 0.373 e. The molecule has 1 aliphatic rings. The molecule has 1 aromatic rings. The summed E-state index contributed by atoms with van der Waals surface area (Å²) in [4.78, 5) is 15.1. The van der Waals surface area contributed by atoms with E-state index >= 15 is 0 Å². The van der Waals surface area contributed by atoms with Crippen LogP contribution in [0.15, 0.2) is 4.42 Å². The van der Waals surface area contributed by atoms with Gasteiger partial charge < -0.3 is 9.52 Å². The fourth-order valence-electron chi connectivity index (χ4n) is 1.96. The number of thioether (sulfide) groups is 1. The Bertz CT molecular complexity index is 407. The highest BCUT2D eigenvalue weighted by atomic mass is 32.2. The van der Waals surface area contributed by atoms with E-state index in [0.29, 0.717) is 11.6 Å². The first-order valence-corrected chi connectivity index (χ1v) is 6.47. The van der Waals surface area contributed by atoms with Crippen LogP contribution in [0.5, 0.6) is 0 Å². The molecule has 1 fully saturated rings. The number of aryl methyl sites for hydroxylation is 1. The molecule has 1 unspecified atom stereocenters. The van der Waals surface area contributed by atoms with Gasteiger partial charge in [0, 0.05) is 5.75 Å². The van der Waals surface area contributed by atoms with Crippen molar-refractivity contribution in [2.24, 2.45) is 0 Å². The van der Waals surface area contributed by atoms with E-state index in [0.717, 1.165) is 18.6 Å². The molecule has 16 heavy (non-hydrogen) atoms. The number of carboxylic acids is 1. The maximum absolute atomic E-state index is 10.9. The van der Waals surface area contributed by atoms with Gasteiger partial charge in [0.15, 0.2) is 0 Å². The van der Waals surface area contributed by atoms with Crippen LogP contribution < -0.4 is 0 Å². The van der Waals surface area contributed by atoms with Gasteiger partial charge in [-0.15, -0.1) is 0 Å². The second-order valence-electron chi connectivity index (χ2n) is 4.46. The monoisotopic (exact) mass is 241 g/mol. The molecular formula is C11H15NO3S. The minimum atomic E-state index is -1.04. The largest absolute Gasteiger partial charge is 0.475 e. The van der Waals surface area contributed by atoms with Crippen molar-refractivity contribution < 1.29 is 14.3 Å². The molecule has 0 saturated carbocycles. The van der Waals surface area contributed by atoms with Crippen LogP contribution in [0.1, 0.15) is 41.9 Å². The molecule has 5 heteroatoms. The van der Waals surface area contributed by atoms with Crippen molar-refractivity contribution in [2.75, 3.05) is 11.5 Å². The topological polar surface area (TPSA) is 63.3 Å². The number of carbonyl (C=O) groups is 1. The van der Waals surface area contributed by atoms with Crippen molar-refractivity contribution >= 4 is 17.7 Å². The van der Waals surface area contributed by atoms with Gasteiger partial charge in [0.25, 0.3) is 0 Å². The summed E-state index contributed by atoms with van der Waals surface area (Å²) in [6.07, 6.45) is 2.14. The van der Waals surface area contributed by atoms with Gasteiger partial charge in [0.05, 0.1) is 11.1 Å². The molecule has 0 amide bonds. The summed E-state index contributed by atoms with van der Waals surface area (Å²) >= 11 is 1.87. The van der Waals surface area contributed by atoms with Crippen LogP contribution >= 0.6 is 11.8 Å². The van der Waals surface area contributed by atoms with Gasteiger partial charge in [-0.05, 0) is 25.5 Å². The van der Waals surface area contributed by atoms with E-state index in [-0.39, 0.29) is 11.2 Å². The summed E-state index contributed by atoms with van der Waals surface area (Å²) in [7, 11) is 0. The number of carboxylic acid groups (broad SMARTS) is 1. The Hall–Kier alpha value is -0.970. The average molecular weight is 241 g/mol. The third kappa shape index (κ3) is 1.96. The molecule has 1 N–H and O–H groups in total. The Morgan fingerprint density at radius 1 is 1.62 bits per heavy atom. The van der Waals surface area contributed by atoms with Crippen molar-refractivity contribution in [1.82, 2.24) is 4.98 Å². The summed E-state index contributed by atoms with van der Waals surface area (Å²) in [6.45, 7) is 3.77. The number of aromatic nitrogens is 1. The fourth-order valence-corrected chi connectivity index (χ4v) is 3.17. The summed E-state index contributed by atoms with van der Waals surface area (Å²) < 4.78 is 5.39. The van der Waals surface area contributed by atoms with Crippen molar-refractivity contribution in [3.8, 4) is 0 Å². The molecule has 1 saturated heterocycles.